The van der Waals surface area contributed by atoms with E-state index in [0.717, 1.165) is 0 Å². The van der Waals surface area contributed by atoms with Crippen LogP contribution < -0.4 is 20.4 Å². The fourth-order valence-corrected chi connectivity index (χ4v) is 0. The third-order valence-corrected chi connectivity index (χ3v) is 0.516. The summed E-state index contributed by atoms with van der Waals surface area (Å²) in [6.45, 7) is -3.56. The topological polar surface area (TPSA) is 241 Å². The molecule has 4 N–H and O–H groups in total. The number of carbonyl (C=O) groups is 4. The molecule has 0 bridgehead atoms. The standard InChI is InChI=1S/4C2H4O3.Mo/c4*3-1-2(4)5;/h4*3H,1H2,(H,4,5);/q;;;;+4/p-4. The maximum absolute atomic E-state index is 9.01. The number of hydrogen-bond acceptors (Lipinski definition) is 12. The van der Waals surface area contributed by atoms with Crippen LogP contribution >= 0.6 is 0 Å². The second kappa shape index (κ2) is 26.9. The summed E-state index contributed by atoms with van der Waals surface area (Å²) in [7, 11) is 0. The van der Waals surface area contributed by atoms with Crippen LogP contribution in [0.5, 0.6) is 0 Å². The number of aliphatic hydroxyl groups is 4. The zero-order valence-electron chi connectivity index (χ0n) is 10.3. The average molecular weight is 396 g/mol. The number of carbonyl (C=O) groups excluding carboxylic acids is 4. The van der Waals surface area contributed by atoms with Gasteiger partial charge < -0.3 is 60.0 Å². The smallest absolute Gasteiger partial charge is 0.548 e. The van der Waals surface area contributed by atoms with E-state index in [9.17, 15) is 0 Å². The number of carboxylic acids is 4. The fraction of sp³-hybridized carbons (Fsp3) is 0.500. The van der Waals surface area contributed by atoms with Gasteiger partial charge in [0.25, 0.3) is 0 Å². The molecule has 0 aliphatic heterocycles. The van der Waals surface area contributed by atoms with Gasteiger partial charge in [-0.1, -0.05) is 0 Å². The Balaban J connectivity index is -0.0000000533. The van der Waals surface area contributed by atoms with Gasteiger partial charge in [0.2, 0.25) is 0 Å². The normalized spacial score (nSPS) is 7.05. The van der Waals surface area contributed by atoms with Gasteiger partial charge in [0.1, 0.15) is 0 Å². The second-order valence-electron chi connectivity index (χ2n) is 2.12. The molecule has 0 radical (unpaired) electrons. The first-order chi connectivity index (χ1) is 9.08. The van der Waals surface area contributed by atoms with Gasteiger partial charge in [0.05, 0.1) is 50.3 Å². The van der Waals surface area contributed by atoms with Crippen LogP contribution in [-0.4, -0.2) is 70.7 Å². The Kier molecular flexibility index (Phi) is 40.5. The van der Waals surface area contributed by atoms with E-state index in [1.54, 1.807) is 0 Å². The van der Waals surface area contributed by atoms with E-state index in [4.69, 9.17) is 60.0 Å². The van der Waals surface area contributed by atoms with Gasteiger partial charge in [-0.3, -0.25) is 0 Å². The number of hydrogen-bond donors (Lipinski definition) is 4. The maximum Gasteiger partial charge on any atom is 4.00 e. The number of carboxylic acid groups (broad SMARTS) is 4. The van der Waals surface area contributed by atoms with E-state index in [2.05, 4.69) is 0 Å². The predicted octanol–water partition coefficient (Wildman–Crippen LogP) is -9.09. The van der Waals surface area contributed by atoms with Crippen molar-refractivity contribution in [2.75, 3.05) is 26.4 Å². The largest absolute Gasteiger partial charge is 4.00 e. The first-order valence-corrected chi connectivity index (χ1v) is 4.31. The molecule has 0 rings (SSSR count). The van der Waals surface area contributed by atoms with Gasteiger partial charge in [-0.2, -0.15) is 0 Å². The van der Waals surface area contributed by atoms with E-state index in [1.165, 1.54) is 0 Å². The molecule has 0 amide bonds. The van der Waals surface area contributed by atoms with Crippen molar-refractivity contribution in [1.82, 2.24) is 0 Å². The molecule has 0 atom stereocenters. The summed E-state index contributed by atoms with van der Waals surface area (Å²) in [4.78, 5) is 36.0. The molecule has 0 saturated heterocycles. The Morgan fingerprint density at radius 2 is 0.571 bits per heavy atom. The molecule has 0 aromatic heterocycles. The number of aliphatic carboxylic acids is 4. The molecular weight excluding hydrogens is 384 g/mol. The first kappa shape index (κ1) is 31.7. The third-order valence-electron chi connectivity index (χ3n) is 0.516. The van der Waals surface area contributed by atoms with E-state index in [-0.39, 0.29) is 21.1 Å². The Bertz CT molecular complexity index is 222. The molecule has 0 spiro atoms. The number of rotatable bonds is 4. The Morgan fingerprint density at radius 3 is 0.571 bits per heavy atom. The summed E-state index contributed by atoms with van der Waals surface area (Å²) in [6, 6.07) is 0. The van der Waals surface area contributed by atoms with E-state index < -0.39 is 50.3 Å². The molecule has 0 fully saturated rings. The molecule has 0 aliphatic rings. The molecule has 0 saturated carbocycles. The Labute approximate surface area is 132 Å². The summed E-state index contributed by atoms with van der Waals surface area (Å²) in [5, 5.41) is 66.0. The van der Waals surface area contributed by atoms with Crippen LogP contribution in [0.25, 0.3) is 0 Å². The molecular formula is C8H12MoO12. The molecule has 122 valence electrons. The quantitative estimate of drug-likeness (QED) is 0.324. The van der Waals surface area contributed by atoms with Gasteiger partial charge in [-0.15, -0.1) is 0 Å². The number of aliphatic hydroxyl groups excluding tert-OH is 4. The molecule has 0 heterocycles. The van der Waals surface area contributed by atoms with Crippen LogP contribution in [0.4, 0.5) is 0 Å². The summed E-state index contributed by atoms with van der Waals surface area (Å²) >= 11 is 0. The van der Waals surface area contributed by atoms with Crippen molar-refractivity contribution in [1.29, 1.82) is 0 Å². The van der Waals surface area contributed by atoms with Crippen LogP contribution in [0.15, 0.2) is 0 Å². The van der Waals surface area contributed by atoms with Crippen molar-refractivity contribution < 1.29 is 81.1 Å². The van der Waals surface area contributed by atoms with Crippen molar-refractivity contribution in [3.8, 4) is 0 Å². The zero-order valence-corrected chi connectivity index (χ0v) is 12.3. The van der Waals surface area contributed by atoms with Gasteiger partial charge in [0, 0.05) is 0 Å². The van der Waals surface area contributed by atoms with Crippen molar-refractivity contribution in [2.45, 2.75) is 0 Å². The van der Waals surface area contributed by atoms with Crippen molar-refractivity contribution in [3.63, 3.8) is 0 Å². The molecule has 13 heteroatoms. The minimum Gasteiger partial charge on any atom is -0.548 e. The second-order valence-corrected chi connectivity index (χ2v) is 2.12. The SMILES string of the molecule is O=C([O-])CO.O=C([O-])CO.O=C([O-])CO.O=C([O-])CO.[Mo+4]. The summed E-state index contributed by atoms with van der Waals surface area (Å²) in [5.74, 6) is -5.76. The maximum atomic E-state index is 9.01. The average Bonchev–Trinajstić information content (AvgIpc) is 2.40. The van der Waals surface area contributed by atoms with Crippen LogP contribution in [-0.2, 0) is 40.2 Å². The van der Waals surface area contributed by atoms with Crippen LogP contribution in [0, 0.1) is 0 Å². The minimum absolute atomic E-state index is 0. The first-order valence-electron chi connectivity index (χ1n) is 4.31. The van der Waals surface area contributed by atoms with Gasteiger partial charge >= 0.3 is 21.1 Å². The van der Waals surface area contributed by atoms with Gasteiger partial charge in [-0.05, 0) is 0 Å². The summed E-state index contributed by atoms with van der Waals surface area (Å²) in [5.41, 5.74) is 0. The molecule has 0 aromatic carbocycles. The third kappa shape index (κ3) is 121. The fourth-order valence-electron chi connectivity index (χ4n) is 0. The summed E-state index contributed by atoms with van der Waals surface area (Å²) in [6.07, 6.45) is 0. The van der Waals surface area contributed by atoms with Crippen molar-refractivity contribution >= 4 is 23.9 Å². The van der Waals surface area contributed by atoms with E-state index in [0.29, 0.717) is 0 Å². The minimum atomic E-state index is -1.44. The van der Waals surface area contributed by atoms with Crippen molar-refractivity contribution in [3.05, 3.63) is 0 Å². The molecule has 0 aromatic rings. The molecule has 0 unspecified atom stereocenters. The van der Waals surface area contributed by atoms with Gasteiger partial charge in [-0.25, -0.2) is 0 Å². The molecule has 21 heavy (non-hydrogen) atoms. The Morgan fingerprint density at radius 1 is 0.524 bits per heavy atom. The molecule has 0 aliphatic carbocycles. The van der Waals surface area contributed by atoms with Gasteiger partial charge in [0.15, 0.2) is 0 Å². The van der Waals surface area contributed by atoms with Crippen LogP contribution in [0.2, 0.25) is 0 Å². The van der Waals surface area contributed by atoms with Crippen molar-refractivity contribution in [2.24, 2.45) is 0 Å². The zero-order chi connectivity index (χ0) is 17.1. The molecule has 12 nitrogen and oxygen atoms in total. The monoisotopic (exact) mass is 398 g/mol. The van der Waals surface area contributed by atoms with Crippen LogP contribution in [0.1, 0.15) is 0 Å². The van der Waals surface area contributed by atoms with E-state index in [1.807, 2.05) is 0 Å². The Hall–Kier alpha value is -1.59. The predicted molar refractivity (Wildman–Crippen MR) is 48.4 cm³/mol. The van der Waals surface area contributed by atoms with Crippen LogP contribution in [0.3, 0.4) is 0 Å². The van der Waals surface area contributed by atoms with E-state index >= 15 is 0 Å². The summed E-state index contributed by atoms with van der Waals surface area (Å²) < 4.78 is 0.